The van der Waals surface area contributed by atoms with Crippen LogP contribution in [0.15, 0.2) is 10.6 Å². The van der Waals surface area contributed by atoms with Crippen LogP contribution in [0.3, 0.4) is 0 Å². The van der Waals surface area contributed by atoms with Crippen LogP contribution in [0.5, 0.6) is 0 Å². The minimum Gasteiger partial charge on any atom is -0.444 e. The van der Waals surface area contributed by atoms with Crippen LogP contribution in [0, 0.1) is 0 Å². The van der Waals surface area contributed by atoms with E-state index >= 15 is 0 Å². The molecule has 1 aliphatic heterocycles. The third-order valence-electron chi connectivity index (χ3n) is 4.39. The zero-order valence-electron chi connectivity index (χ0n) is 14.5. The van der Waals surface area contributed by atoms with Crippen LogP contribution in [0.1, 0.15) is 51.7 Å². The Morgan fingerprint density at radius 3 is 2.82 bits per heavy atom. The van der Waals surface area contributed by atoms with E-state index in [0.717, 1.165) is 57.6 Å². The zero-order valence-corrected chi connectivity index (χ0v) is 14.5. The summed E-state index contributed by atoms with van der Waals surface area (Å²) in [5, 5.41) is 0. The number of rotatable bonds is 8. The number of hydrogen-bond acceptors (Lipinski definition) is 5. The van der Waals surface area contributed by atoms with Crippen molar-refractivity contribution < 1.29 is 9.15 Å². The molecule has 22 heavy (non-hydrogen) atoms. The molecule has 1 unspecified atom stereocenters. The highest BCUT2D eigenvalue weighted by atomic mass is 16.5. The first-order chi connectivity index (χ1) is 10.6. The summed E-state index contributed by atoms with van der Waals surface area (Å²) in [7, 11) is 0. The summed E-state index contributed by atoms with van der Waals surface area (Å²) in [6.45, 7) is 15.3. The summed E-state index contributed by atoms with van der Waals surface area (Å²) in [5.74, 6) is 2.23. The van der Waals surface area contributed by atoms with Gasteiger partial charge in [-0.3, -0.25) is 9.80 Å². The second kappa shape index (κ2) is 8.65. The standard InChI is InChI=1S/C17H31N3O2/c1-5-15-12-19(7-8-20(15)9-10-21-6-2)13-17-18-11-16(22-17)14(3)4/h11,14-15H,5-10,12-13H2,1-4H3. The fourth-order valence-electron chi connectivity index (χ4n) is 2.96. The fourth-order valence-corrected chi connectivity index (χ4v) is 2.96. The van der Waals surface area contributed by atoms with Crippen molar-refractivity contribution in [2.24, 2.45) is 0 Å². The minimum absolute atomic E-state index is 0.403. The number of oxazole rings is 1. The van der Waals surface area contributed by atoms with Crippen molar-refractivity contribution in [2.75, 3.05) is 39.4 Å². The van der Waals surface area contributed by atoms with Crippen LogP contribution in [0.4, 0.5) is 0 Å². The van der Waals surface area contributed by atoms with Gasteiger partial charge in [0, 0.05) is 44.7 Å². The van der Waals surface area contributed by atoms with Crippen LogP contribution in [-0.4, -0.2) is 60.2 Å². The Balaban J connectivity index is 1.84. The molecule has 0 spiro atoms. The van der Waals surface area contributed by atoms with Crippen LogP contribution in [0.25, 0.3) is 0 Å². The highest BCUT2D eigenvalue weighted by molar-refractivity contribution is 4.99. The summed E-state index contributed by atoms with van der Waals surface area (Å²) in [5.41, 5.74) is 0. The van der Waals surface area contributed by atoms with Gasteiger partial charge in [-0.2, -0.15) is 0 Å². The highest BCUT2D eigenvalue weighted by Crippen LogP contribution is 2.18. The van der Waals surface area contributed by atoms with Gasteiger partial charge in [0.2, 0.25) is 5.89 Å². The SMILES string of the molecule is CCOCCN1CCN(Cc2ncc(C(C)C)o2)CC1CC. The number of ether oxygens (including phenoxy) is 1. The first-order valence-electron chi connectivity index (χ1n) is 8.62. The van der Waals surface area contributed by atoms with E-state index < -0.39 is 0 Å². The van der Waals surface area contributed by atoms with Crippen molar-refractivity contribution in [3.63, 3.8) is 0 Å². The van der Waals surface area contributed by atoms with E-state index in [-0.39, 0.29) is 0 Å². The van der Waals surface area contributed by atoms with E-state index in [1.165, 1.54) is 6.42 Å². The van der Waals surface area contributed by atoms with E-state index in [0.29, 0.717) is 12.0 Å². The molecule has 5 heteroatoms. The molecule has 0 aliphatic carbocycles. The van der Waals surface area contributed by atoms with Crippen LogP contribution >= 0.6 is 0 Å². The Labute approximate surface area is 134 Å². The molecular formula is C17H31N3O2. The maximum Gasteiger partial charge on any atom is 0.208 e. The number of aromatic nitrogens is 1. The molecule has 2 heterocycles. The van der Waals surface area contributed by atoms with Gasteiger partial charge in [-0.15, -0.1) is 0 Å². The molecule has 0 N–H and O–H groups in total. The van der Waals surface area contributed by atoms with Gasteiger partial charge in [0.25, 0.3) is 0 Å². The molecule has 0 amide bonds. The van der Waals surface area contributed by atoms with E-state index in [1.54, 1.807) is 0 Å². The zero-order chi connectivity index (χ0) is 15.9. The lowest BCUT2D eigenvalue weighted by Crippen LogP contribution is -2.53. The molecule has 1 saturated heterocycles. The predicted molar refractivity (Wildman–Crippen MR) is 88.0 cm³/mol. The molecule has 1 aliphatic rings. The molecule has 1 aromatic heterocycles. The van der Waals surface area contributed by atoms with E-state index in [1.807, 2.05) is 6.20 Å². The molecule has 0 aromatic carbocycles. The predicted octanol–water partition coefficient (Wildman–Crippen LogP) is 2.73. The Bertz CT molecular complexity index is 433. The molecule has 5 nitrogen and oxygen atoms in total. The normalized spacial score (nSPS) is 20.9. The monoisotopic (exact) mass is 309 g/mol. The quantitative estimate of drug-likeness (QED) is 0.691. The van der Waals surface area contributed by atoms with Crippen molar-refractivity contribution in [1.29, 1.82) is 0 Å². The molecule has 1 fully saturated rings. The second-order valence-electron chi connectivity index (χ2n) is 6.34. The highest BCUT2D eigenvalue weighted by Gasteiger charge is 2.26. The lowest BCUT2D eigenvalue weighted by atomic mass is 10.1. The maximum atomic E-state index is 5.84. The Morgan fingerprint density at radius 1 is 1.36 bits per heavy atom. The third kappa shape index (κ3) is 4.80. The second-order valence-corrected chi connectivity index (χ2v) is 6.34. The van der Waals surface area contributed by atoms with Crippen LogP contribution in [0.2, 0.25) is 0 Å². The van der Waals surface area contributed by atoms with Gasteiger partial charge >= 0.3 is 0 Å². The topological polar surface area (TPSA) is 41.7 Å². The number of hydrogen-bond donors (Lipinski definition) is 0. The average Bonchev–Trinajstić information content (AvgIpc) is 2.97. The van der Waals surface area contributed by atoms with Gasteiger partial charge in [0.1, 0.15) is 5.76 Å². The van der Waals surface area contributed by atoms with Crippen LogP contribution < -0.4 is 0 Å². The van der Waals surface area contributed by atoms with Gasteiger partial charge in [0.05, 0.1) is 19.3 Å². The van der Waals surface area contributed by atoms with Gasteiger partial charge in [-0.1, -0.05) is 20.8 Å². The van der Waals surface area contributed by atoms with Crippen molar-refractivity contribution in [3.05, 3.63) is 17.8 Å². The fraction of sp³-hybridized carbons (Fsp3) is 0.824. The van der Waals surface area contributed by atoms with Gasteiger partial charge in [-0.25, -0.2) is 4.98 Å². The van der Waals surface area contributed by atoms with E-state index in [4.69, 9.17) is 9.15 Å². The molecule has 0 bridgehead atoms. The molecule has 0 radical (unpaired) electrons. The van der Waals surface area contributed by atoms with E-state index in [9.17, 15) is 0 Å². The molecule has 2 rings (SSSR count). The first kappa shape index (κ1) is 17.4. The Kier molecular flexibility index (Phi) is 6.86. The summed E-state index contributed by atoms with van der Waals surface area (Å²) < 4.78 is 11.3. The molecule has 1 atom stereocenters. The average molecular weight is 309 g/mol. The van der Waals surface area contributed by atoms with Crippen LogP contribution in [-0.2, 0) is 11.3 Å². The summed E-state index contributed by atoms with van der Waals surface area (Å²) >= 11 is 0. The van der Waals surface area contributed by atoms with Crippen molar-refractivity contribution in [2.45, 2.75) is 52.6 Å². The Morgan fingerprint density at radius 2 is 2.18 bits per heavy atom. The summed E-state index contributed by atoms with van der Waals surface area (Å²) in [6.07, 6.45) is 3.04. The molecule has 1 aromatic rings. The lowest BCUT2D eigenvalue weighted by molar-refractivity contribution is 0.0355. The minimum atomic E-state index is 0.403. The molecule has 126 valence electrons. The van der Waals surface area contributed by atoms with E-state index in [2.05, 4.69) is 42.5 Å². The largest absolute Gasteiger partial charge is 0.444 e. The lowest BCUT2D eigenvalue weighted by Gasteiger charge is -2.40. The van der Waals surface area contributed by atoms with Gasteiger partial charge in [-0.05, 0) is 13.3 Å². The van der Waals surface area contributed by atoms with Gasteiger partial charge < -0.3 is 9.15 Å². The molecular weight excluding hydrogens is 278 g/mol. The van der Waals surface area contributed by atoms with Crippen molar-refractivity contribution in [1.82, 2.24) is 14.8 Å². The van der Waals surface area contributed by atoms with Crippen molar-refractivity contribution in [3.8, 4) is 0 Å². The van der Waals surface area contributed by atoms with Crippen molar-refractivity contribution >= 4 is 0 Å². The molecule has 0 saturated carbocycles. The third-order valence-corrected chi connectivity index (χ3v) is 4.39. The summed E-state index contributed by atoms with van der Waals surface area (Å²) in [4.78, 5) is 9.44. The summed E-state index contributed by atoms with van der Waals surface area (Å²) in [6, 6.07) is 0.605. The number of piperazine rings is 1. The number of nitrogens with zero attached hydrogens (tertiary/aromatic N) is 3. The first-order valence-corrected chi connectivity index (χ1v) is 8.62. The smallest absolute Gasteiger partial charge is 0.208 e. The van der Waals surface area contributed by atoms with Gasteiger partial charge in [0.15, 0.2) is 0 Å². The maximum absolute atomic E-state index is 5.84. The Hall–Kier alpha value is -0.910.